The highest BCUT2D eigenvalue weighted by atomic mass is 16.4. The highest BCUT2D eigenvalue weighted by molar-refractivity contribution is 5.83. The second-order valence-corrected chi connectivity index (χ2v) is 3.24. The number of aliphatic carboxylic acids is 1. The molecule has 3 amide bonds. The van der Waals surface area contributed by atoms with Crippen molar-refractivity contribution < 1.29 is 19.5 Å². The number of carboxylic acids is 1. The summed E-state index contributed by atoms with van der Waals surface area (Å²) in [5, 5.41) is 10.8. The molecule has 0 spiro atoms. The number of hydrogen-bond donors (Lipinski definition) is 3. The lowest BCUT2D eigenvalue weighted by Gasteiger charge is -2.19. The topological polar surface area (TPSA) is 113 Å². The predicted octanol–water partition coefficient (Wildman–Crippen LogP) is -1.17. The van der Waals surface area contributed by atoms with Gasteiger partial charge in [-0.05, 0) is 0 Å². The van der Waals surface area contributed by atoms with Gasteiger partial charge < -0.3 is 21.1 Å². The molecule has 0 aliphatic heterocycles. The number of rotatable bonds is 5. The molecular weight excluding hydrogens is 202 g/mol. The summed E-state index contributed by atoms with van der Waals surface area (Å²) in [7, 11) is 1.44. The summed E-state index contributed by atoms with van der Waals surface area (Å²) in [4.78, 5) is 33.2. The van der Waals surface area contributed by atoms with Gasteiger partial charge in [0.15, 0.2) is 0 Å². The van der Waals surface area contributed by atoms with Gasteiger partial charge in [0, 0.05) is 13.6 Å². The fourth-order valence-corrected chi connectivity index (χ4v) is 0.869. The van der Waals surface area contributed by atoms with Crippen LogP contribution in [0.4, 0.5) is 4.79 Å². The highest BCUT2D eigenvalue weighted by Crippen LogP contribution is 1.97. The molecule has 0 bridgehead atoms. The maximum atomic E-state index is 11.2. The Hall–Kier alpha value is -1.79. The van der Waals surface area contributed by atoms with Gasteiger partial charge in [0.1, 0.15) is 0 Å². The van der Waals surface area contributed by atoms with E-state index in [0.29, 0.717) is 0 Å². The van der Waals surface area contributed by atoms with E-state index in [-0.39, 0.29) is 13.1 Å². The van der Waals surface area contributed by atoms with E-state index in [2.05, 4.69) is 5.32 Å². The minimum atomic E-state index is -0.982. The molecule has 0 aromatic carbocycles. The van der Waals surface area contributed by atoms with E-state index in [1.165, 1.54) is 18.9 Å². The normalized spacial score (nSPS) is 11.6. The standard InChI is InChI=1S/C8H15N3O4/c1-5(7(13)14)4-11(2)8(15)10-3-6(9)12/h5H,3-4H2,1-2H3,(H2,9,12)(H,10,15)(H,13,14). The molecule has 0 radical (unpaired) electrons. The van der Waals surface area contributed by atoms with Gasteiger partial charge in [-0.3, -0.25) is 9.59 Å². The zero-order valence-corrected chi connectivity index (χ0v) is 8.69. The van der Waals surface area contributed by atoms with Crippen molar-refractivity contribution in [3.63, 3.8) is 0 Å². The van der Waals surface area contributed by atoms with Gasteiger partial charge in [0.25, 0.3) is 0 Å². The predicted molar refractivity (Wildman–Crippen MR) is 52.0 cm³/mol. The molecule has 15 heavy (non-hydrogen) atoms. The zero-order valence-electron chi connectivity index (χ0n) is 8.69. The zero-order chi connectivity index (χ0) is 12.0. The summed E-state index contributed by atoms with van der Waals surface area (Å²) < 4.78 is 0. The van der Waals surface area contributed by atoms with Crippen LogP contribution in [0.2, 0.25) is 0 Å². The Morgan fingerprint density at radius 1 is 1.47 bits per heavy atom. The molecule has 0 rings (SSSR count). The van der Waals surface area contributed by atoms with Crippen LogP contribution in [0.3, 0.4) is 0 Å². The van der Waals surface area contributed by atoms with Crippen molar-refractivity contribution >= 4 is 17.9 Å². The minimum absolute atomic E-state index is 0.0694. The van der Waals surface area contributed by atoms with Gasteiger partial charge in [-0.15, -0.1) is 0 Å². The van der Waals surface area contributed by atoms with E-state index in [9.17, 15) is 14.4 Å². The number of urea groups is 1. The molecule has 0 heterocycles. The summed E-state index contributed by atoms with van der Waals surface area (Å²) in [6.45, 7) is 1.30. The first kappa shape index (κ1) is 13.2. The molecule has 7 heteroatoms. The fraction of sp³-hybridized carbons (Fsp3) is 0.625. The molecule has 0 saturated carbocycles. The van der Waals surface area contributed by atoms with Crippen LogP contribution in [0.15, 0.2) is 0 Å². The molecule has 0 aliphatic rings. The number of hydrogen-bond acceptors (Lipinski definition) is 3. The first-order valence-electron chi connectivity index (χ1n) is 4.34. The van der Waals surface area contributed by atoms with Gasteiger partial charge >= 0.3 is 12.0 Å². The van der Waals surface area contributed by atoms with Crippen molar-refractivity contribution in [2.75, 3.05) is 20.1 Å². The average molecular weight is 217 g/mol. The SMILES string of the molecule is CC(CN(C)C(=O)NCC(N)=O)C(=O)O. The number of nitrogens with zero attached hydrogens (tertiary/aromatic N) is 1. The molecule has 0 fully saturated rings. The lowest BCUT2D eigenvalue weighted by molar-refractivity contribution is -0.141. The molecule has 0 aliphatic carbocycles. The smallest absolute Gasteiger partial charge is 0.317 e. The van der Waals surface area contributed by atoms with Crippen molar-refractivity contribution in [1.82, 2.24) is 10.2 Å². The van der Waals surface area contributed by atoms with Crippen LogP contribution in [0.1, 0.15) is 6.92 Å². The van der Waals surface area contributed by atoms with E-state index >= 15 is 0 Å². The van der Waals surface area contributed by atoms with Gasteiger partial charge in [-0.2, -0.15) is 0 Å². The summed E-state index contributed by atoms with van der Waals surface area (Å²) in [5.74, 6) is -2.29. The third-order valence-corrected chi connectivity index (χ3v) is 1.73. The van der Waals surface area contributed by atoms with Crippen LogP contribution >= 0.6 is 0 Å². The van der Waals surface area contributed by atoms with Gasteiger partial charge in [-0.25, -0.2) is 4.79 Å². The summed E-state index contributed by atoms with van der Waals surface area (Å²) in [5.41, 5.74) is 4.82. The number of nitrogens with one attached hydrogen (secondary N) is 1. The average Bonchev–Trinajstić information content (AvgIpc) is 2.13. The Balaban J connectivity index is 3.99. The first-order chi connectivity index (χ1) is 6.84. The molecule has 86 valence electrons. The van der Waals surface area contributed by atoms with E-state index < -0.39 is 23.8 Å². The number of carbonyl (C=O) groups is 3. The Labute approximate surface area is 87.2 Å². The second kappa shape index (κ2) is 5.84. The maximum Gasteiger partial charge on any atom is 0.317 e. The first-order valence-corrected chi connectivity index (χ1v) is 4.34. The van der Waals surface area contributed by atoms with Crippen LogP contribution in [-0.2, 0) is 9.59 Å². The maximum absolute atomic E-state index is 11.2. The molecule has 0 aromatic heterocycles. The van der Waals surface area contributed by atoms with Crippen LogP contribution < -0.4 is 11.1 Å². The highest BCUT2D eigenvalue weighted by Gasteiger charge is 2.17. The summed E-state index contributed by atoms with van der Waals surface area (Å²) in [6.07, 6.45) is 0. The van der Waals surface area contributed by atoms with Crippen molar-refractivity contribution in [1.29, 1.82) is 0 Å². The second-order valence-electron chi connectivity index (χ2n) is 3.24. The number of amides is 3. The Morgan fingerprint density at radius 2 is 2.00 bits per heavy atom. The molecule has 1 unspecified atom stereocenters. The van der Waals surface area contributed by atoms with Crippen molar-refractivity contribution in [3.8, 4) is 0 Å². The summed E-state index contributed by atoms with van der Waals surface area (Å²) >= 11 is 0. The van der Waals surface area contributed by atoms with E-state index in [1.54, 1.807) is 0 Å². The molecular formula is C8H15N3O4. The number of primary amides is 1. The minimum Gasteiger partial charge on any atom is -0.481 e. The largest absolute Gasteiger partial charge is 0.481 e. The van der Waals surface area contributed by atoms with Crippen LogP contribution in [0, 0.1) is 5.92 Å². The number of carboxylic acid groups (broad SMARTS) is 1. The van der Waals surface area contributed by atoms with E-state index in [0.717, 1.165) is 0 Å². The van der Waals surface area contributed by atoms with E-state index in [1.807, 2.05) is 0 Å². The van der Waals surface area contributed by atoms with Gasteiger partial charge in [0.05, 0.1) is 12.5 Å². The quantitative estimate of drug-likeness (QED) is 0.538. The molecule has 4 N–H and O–H groups in total. The van der Waals surface area contributed by atoms with Crippen LogP contribution in [0.5, 0.6) is 0 Å². The molecule has 0 saturated heterocycles. The Bertz CT molecular complexity index is 267. The molecule has 0 aromatic rings. The third kappa shape index (κ3) is 5.50. The lowest BCUT2D eigenvalue weighted by atomic mass is 10.2. The Morgan fingerprint density at radius 3 is 2.40 bits per heavy atom. The lowest BCUT2D eigenvalue weighted by Crippen LogP contribution is -2.43. The van der Waals surface area contributed by atoms with Crippen molar-refractivity contribution in [2.45, 2.75) is 6.92 Å². The monoisotopic (exact) mass is 217 g/mol. The van der Waals surface area contributed by atoms with Crippen molar-refractivity contribution in [2.24, 2.45) is 11.7 Å². The summed E-state index contributed by atoms with van der Waals surface area (Å²) in [6, 6.07) is -0.526. The van der Waals surface area contributed by atoms with Crippen molar-refractivity contribution in [3.05, 3.63) is 0 Å². The number of nitrogens with two attached hydrogens (primary N) is 1. The van der Waals surface area contributed by atoms with Gasteiger partial charge in [0.2, 0.25) is 5.91 Å². The van der Waals surface area contributed by atoms with Gasteiger partial charge in [-0.1, -0.05) is 6.92 Å². The molecule has 7 nitrogen and oxygen atoms in total. The van der Waals surface area contributed by atoms with Crippen LogP contribution in [-0.4, -0.2) is 48.1 Å². The molecule has 1 atom stereocenters. The number of carbonyl (C=O) groups excluding carboxylic acids is 2. The fourth-order valence-electron chi connectivity index (χ4n) is 0.869. The third-order valence-electron chi connectivity index (χ3n) is 1.73. The van der Waals surface area contributed by atoms with E-state index in [4.69, 9.17) is 10.8 Å². The van der Waals surface area contributed by atoms with Crippen LogP contribution in [0.25, 0.3) is 0 Å². The Kier molecular flexibility index (Phi) is 5.14.